The van der Waals surface area contributed by atoms with Crippen LogP contribution < -0.4 is 11.5 Å². The van der Waals surface area contributed by atoms with Gasteiger partial charge in [-0.1, -0.05) is 6.42 Å². The fourth-order valence-corrected chi connectivity index (χ4v) is 1.03. The second-order valence-corrected chi connectivity index (χ2v) is 2.21. The maximum absolute atomic E-state index is 8.49. The van der Waals surface area contributed by atoms with E-state index < -0.39 is 0 Å². The van der Waals surface area contributed by atoms with Crippen molar-refractivity contribution in [2.75, 3.05) is 13.1 Å². The Hall–Kier alpha value is -0.200. The van der Waals surface area contributed by atoms with E-state index >= 15 is 0 Å². The summed E-state index contributed by atoms with van der Waals surface area (Å²) < 4.78 is 0. The third kappa shape index (κ3) is 3.76. The molecule has 5 nitrogen and oxygen atoms in total. The minimum Gasteiger partial charge on any atom is -0.320 e. The molecule has 0 aromatic heterocycles. The van der Waals surface area contributed by atoms with Crippen molar-refractivity contribution < 1.29 is 16.0 Å². The van der Waals surface area contributed by atoms with Gasteiger partial charge in [-0.25, -0.2) is 5.90 Å². The van der Waals surface area contributed by atoms with Crippen molar-refractivity contribution in [1.29, 1.82) is 0 Å². The van der Waals surface area contributed by atoms with Gasteiger partial charge in [0.05, 0.1) is 13.1 Å². The number of nitrogens with two attached hydrogens (primary N) is 2. The van der Waals surface area contributed by atoms with Crippen LogP contribution in [-0.4, -0.2) is 28.5 Å². The Morgan fingerprint density at radius 1 is 1.10 bits per heavy atom. The van der Waals surface area contributed by atoms with E-state index in [2.05, 4.69) is 5.90 Å². The van der Waals surface area contributed by atoms with E-state index in [9.17, 15) is 0 Å². The van der Waals surface area contributed by atoms with Crippen molar-refractivity contribution in [3.63, 3.8) is 0 Å². The summed E-state index contributed by atoms with van der Waals surface area (Å²) in [6.07, 6.45) is 3.79. The topological polar surface area (TPSA) is 86.3 Å². The summed E-state index contributed by atoms with van der Waals surface area (Å²) in [6.45, 7) is 2.08. The minimum atomic E-state index is 1.04. The quantitative estimate of drug-likeness (QED) is 0.276. The summed E-state index contributed by atoms with van der Waals surface area (Å²) in [7, 11) is 0. The summed E-state index contributed by atoms with van der Waals surface area (Å²) in [5, 5.41) is 16.9. The zero-order valence-electron chi connectivity index (χ0n) is 6.03. The average Bonchev–Trinajstić information content (AvgIpc) is 2.10. The molecule has 0 unspecified atom stereocenters. The van der Waals surface area contributed by atoms with Gasteiger partial charge in [0, 0.05) is 0 Å². The number of hydrogen-bond acceptors (Lipinski definition) is 4. The van der Waals surface area contributed by atoms with Crippen molar-refractivity contribution in [2.45, 2.75) is 19.3 Å². The summed E-state index contributed by atoms with van der Waals surface area (Å²) in [5.41, 5.74) is 1.19. The number of rotatable bonds is 1. The molecule has 1 aliphatic heterocycles. The molecule has 1 fully saturated rings. The molecule has 10 heavy (non-hydrogen) atoms. The van der Waals surface area contributed by atoms with Gasteiger partial charge in [0.15, 0.2) is 0 Å². The minimum absolute atomic E-state index is 1.04. The van der Waals surface area contributed by atoms with Crippen LogP contribution >= 0.6 is 0 Å². The molecule has 1 saturated heterocycles. The Morgan fingerprint density at radius 3 is 1.90 bits per heavy atom. The second kappa shape index (κ2) is 6.91. The zero-order valence-corrected chi connectivity index (χ0v) is 6.03. The van der Waals surface area contributed by atoms with Crippen LogP contribution in [0.2, 0.25) is 0 Å². The summed E-state index contributed by atoms with van der Waals surface area (Å²) in [5.74, 6) is 3.50. The molecule has 0 spiro atoms. The van der Waals surface area contributed by atoms with Crippen molar-refractivity contribution in [3.05, 3.63) is 0 Å². The number of quaternary nitrogens is 1. The van der Waals surface area contributed by atoms with Gasteiger partial charge in [-0.2, -0.15) is 5.21 Å². The molecule has 0 atom stereocenters. The monoisotopic (exact) mass is 150 g/mol. The normalized spacial score (nSPS) is 19.5. The first-order chi connectivity index (χ1) is 4.93. The van der Waals surface area contributed by atoms with Crippen LogP contribution in [0.4, 0.5) is 0 Å². The summed E-state index contributed by atoms with van der Waals surface area (Å²) >= 11 is 0. The Bertz CT molecular complexity index is 65.9. The molecule has 0 saturated carbocycles. The predicted octanol–water partition coefficient (Wildman–Crippen LogP) is -1.33. The highest BCUT2D eigenvalue weighted by Gasteiger charge is 2.10. The molecule has 0 amide bonds. The maximum Gasteiger partial charge on any atom is 0.0507 e. The largest absolute Gasteiger partial charge is 0.320 e. The highest BCUT2D eigenvalue weighted by atomic mass is 16.5. The molecule has 62 valence electrons. The third-order valence-corrected chi connectivity index (χ3v) is 1.55. The van der Waals surface area contributed by atoms with Crippen molar-refractivity contribution >= 4 is 0 Å². The third-order valence-electron chi connectivity index (χ3n) is 1.55. The lowest BCUT2D eigenvalue weighted by atomic mass is 10.2. The molecule has 1 rings (SSSR count). The molecule has 5 heteroatoms. The standard InChI is InChI=1S/C5H12N2O.H3NO/c8-6-7-4-2-1-3-5-7;1-2/h6,8H,1-5H2;2H,1H2/p+1. The van der Waals surface area contributed by atoms with E-state index in [1.54, 1.807) is 0 Å². The van der Waals surface area contributed by atoms with Gasteiger partial charge in [0.1, 0.15) is 0 Å². The number of piperidine rings is 1. The highest BCUT2D eigenvalue weighted by Crippen LogP contribution is 2.02. The molecule has 1 aliphatic rings. The van der Waals surface area contributed by atoms with Gasteiger partial charge in [0.25, 0.3) is 0 Å². The van der Waals surface area contributed by atoms with E-state index in [0.29, 0.717) is 0 Å². The van der Waals surface area contributed by atoms with Crippen molar-refractivity contribution in [3.8, 4) is 0 Å². The van der Waals surface area contributed by atoms with Crippen LogP contribution in [0.3, 0.4) is 0 Å². The van der Waals surface area contributed by atoms with Crippen LogP contribution in [0.25, 0.3) is 0 Å². The Kier molecular flexibility index (Phi) is 6.78. The number of nitrogens with zero attached hydrogens (tertiary/aromatic N) is 1. The first kappa shape index (κ1) is 9.80. The van der Waals surface area contributed by atoms with Crippen LogP contribution in [0.15, 0.2) is 0 Å². The van der Waals surface area contributed by atoms with Gasteiger partial charge in [-0.05, 0) is 12.8 Å². The smallest absolute Gasteiger partial charge is 0.0507 e. The first-order valence-electron chi connectivity index (χ1n) is 3.41. The van der Waals surface area contributed by atoms with Crippen molar-refractivity contribution in [2.24, 2.45) is 5.90 Å². The maximum atomic E-state index is 8.49. The molecule has 1 heterocycles. The lowest BCUT2D eigenvalue weighted by molar-refractivity contribution is -0.994. The highest BCUT2D eigenvalue weighted by molar-refractivity contribution is 4.53. The van der Waals surface area contributed by atoms with Gasteiger partial charge in [0.2, 0.25) is 0 Å². The van der Waals surface area contributed by atoms with Crippen LogP contribution in [0.5, 0.6) is 0 Å². The van der Waals surface area contributed by atoms with E-state index in [1.165, 1.54) is 24.9 Å². The van der Waals surface area contributed by atoms with Crippen LogP contribution in [-0.2, 0) is 0 Å². The van der Waals surface area contributed by atoms with Gasteiger partial charge < -0.3 is 5.21 Å². The summed E-state index contributed by atoms with van der Waals surface area (Å²) in [6, 6.07) is 0. The summed E-state index contributed by atoms with van der Waals surface area (Å²) in [4.78, 5) is 0. The van der Waals surface area contributed by atoms with E-state index in [1.807, 2.05) is 5.01 Å². The molecule has 6 N–H and O–H groups in total. The van der Waals surface area contributed by atoms with Crippen LogP contribution in [0, 0.1) is 0 Å². The predicted molar refractivity (Wildman–Crippen MR) is 35.1 cm³/mol. The molecule has 0 radical (unpaired) electrons. The Labute approximate surface area is 60.3 Å². The zero-order chi connectivity index (χ0) is 7.82. The Morgan fingerprint density at radius 2 is 1.60 bits per heavy atom. The van der Waals surface area contributed by atoms with Gasteiger partial charge >= 0.3 is 0 Å². The Balaban J connectivity index is 0.000000371. The van der Waals surface area contributed by atoms with E-state index in [4.69, 9.17) is 10.4 Å². The number of hydrogen-bond donors (Lipinski definition) is 4. The average molecular weight is 150 g/mol. The molecule has 0 bridgehead atoms. The lowest BCUT2D eigenvalue weighted by Gasteiger charge is -2.18. The van der Waals surface area contributed by atoms with Crippen LogP contribution in [0.1, 0.15) is 19.3 Å². The molecule has 0 aliphatic carbocycles. The van der Waals surface area contributed by atoms with Crippen molar-refractivity contribution in [1.82, 2.24) is 5.01 Å². The second-order valence-electron chi connectivity index (χ2n) is 2.21. The fourth-order valence-electron chi connectivity index (χ4n) is 1.03. The lowest BCUT2D eigenvalue weighted by Crippen LogP contribution is -2.91. The van der Waals surface area contributed by atoms with Gasteiger partial charge in [-0.3, -0.25) is 0 Å². The molecular weight excluding hydrogens is 134 g/mol. The van der Waals surface area contributed by atoms with E-state index in [-0.39, 0.29) is 0 Å². The molecular formula is C5H16N3O2+. The first-order valence-corrected chi connectivity index (χ1v) is 3.41. The molecule has 0 aromatic carbocycles. The van der Waals surface area contributed by atoms with Gasteiger partial charge in [-0.15, -0.1) is 10.6 Å². The molecule has 0 aromatic rings. The van der Waals surface area contributed by atoms with E-state index in [0.717, 1.165) is 13.1 Å². The SMILES string of the molecule is NO.O[NH2+]N1CCCCC1. The fraction of sp³-hybridized carbons (Fsp3) is 1.00.